The van der Waals surface area contributed by atoms with Crippen molar-refractivity contribution >= 4 is 29.1 Å². The molecule has 0 bridgehead atoms. The molecule has 0 fully saturated rings. The van der Waals surface area contributed by atoms with E-state index in [1.165, 1.54) is 18.2 Å². The van der Waals surface area contributed by atoms with Gasteiger partial charge in [-0.2, -0.15) is 11.3 Å². The minimum absolute atomic E-state index is 0.385. The molecule has 0 aliphatic heterocycles. The van der Waals surface area contributed by atoms with Crippen molar-refractivity contribution in [2.45, 2.75) is 6.54 Å². The van der Waals surface area contributed by atoms with Gasteiger partial charge in [-0.15, -0.1) is 0 Å². The Hall–Kier alpha value is -2.14. The van der Waals surface area contributed by atoms with E-state index < -0.39 is 5.97 Å². The normalized spacial score (nSPS) is 10.9. The molecule has 1 aromatic heterocycles. The van der Waals surface area contributed by atoms with Crippen LogP contribution in [0.5, 0.6) is 0 Å². The third kappa shape index (κ3) is 3.93. The van der Waals surface area contributed by atoms with Crippen LogP contribution < -0.4 is 4.90 Å². The lowest BCUT2D eigenvalue weighted by Crippen LogP contribution is -2.16. The van der Waals surface area contributed by atoms with E-state index in [0.29, 0.717) is 17.8 Å². The average Bonchev–Trinajstić information content (AvgIpc) is 2.88. The second-order valence-corrected chi connectivity index (χ2v) is 5.18. The van der Waals surface area contributed by atoms with Gasteiger partial charge in [0.2, 0.25) is 0 Å². The van der Waals surface area contributed by atoms with Gasteiger partial charge in [0.1, 0.15) is 5.82 Å². The predicted molar refractivity (Wildman–Crippen MR) is 79.5 cm³/mol. The van der Waals surface area contributed by atoms with Crippen molar-refractivity contribution in [3.8, 4) is 0 Å². The van der Waals surface area contributed by atoms with E-state index in [1.54, 1.807) is 17.4 Å². The lowest BCUT2D eigenvalue weighted by Gasteiger charge is -2.19. The van der Waals surface area contributed by atoms with Crippen molar-refractivity contribution in [3.05, 3.63) is 58.0 Å². The van der Waals surface area contributed by atoms with E-state index in [1.807, 2.05) is 28.8 Å². The summed E-state index contributed by atoms with van der Waals surface area (Å²) in [6.07, 6.45) is 2.38. The highest BCUT2D eigenvalue weighted by atomic mass is 32.1. The highest BCUT2D eigenvalue weighted by Gasteiger charge is 2.06. The molecule has 0 aliphatic rings. The van der Waals surface area contributed by atoms with Crippen molar-refractivity contribution in [1.82, 2.24) is 0 Å². The average molecular weight is 291 g/mol. The molecule has 1 heterocycles. The summed E-state index contributed by atoms with van der Waals surface area (Å²) < 4.78 is 13.6. The number of thiophene rings is 1. The van der Waals surface area contributed by atoms with Gasteiger partial charge >= 0.3 is 5.97 Å². The SMILES string of the molecule is CN(Cc1ccsc1)c1cc(F)cc(/C=C/C(=O)O)c1. The molecule has 5 heteroatoms. The highest BCUT2D eigenvalue weighted by molar-refractivity contribution is 7.07. The molecule has 1 aromatic carbocycles. The molecule has 3 nitrogen and oxygen atoms in total. The van der Waals surface area contributed by atoms with Crippen molar-refractivity contribution in [3.63, 3.8) is 0 Å². The smallest absolute Gasteiger partial charge is 0.328 e. The standard InChI is InChI=1S/C15H14FNO2S/c1-17(9-12-4-5-20-10-12)14-7-11(2-3-15(18)19)6-13(16)8-14/h2-8,10H,9H2,1H3,(H,18,19)/b3-2+. The summed E-state index contributed by atoms with van der Waals surface area (Å²) in [6, 6.07) is 6.52. The molecular weight excluding hydrogens is 277 g/mol. The van der Waals surface area contributed by atoms with E-state index >= 15 is 0 Å². The van der Waals surface area contributed by atoms with Gasteiger partial charge in [0, 0.05) is 25.4 Å². The predicted octanol–water partition coefficient (Wildman–Crippen LogP) is 3.62. The molecule has 1 N–H and O–H groups in total. The van der Waals surface area contributed by atoms with Crippen LogP contribution in [0.25, 0.3) is 6.08 Å². The van der Waals surface area contributed by atoms with Gasteiger partial charge in [-0.05, 0) is 52.2 Å². The fourth-order valence-electron chi connectivity index (χ4n) is 1.83. The number of anilines is 1. The monoisotopic (exact) mass is 291 g/mol. The van der Waals surface area contributed by atoms with E-state index in [9.17, 15) is 9.18 Å². The van der Waals surface area contributed by atoms with Crippen molar-refractivity contribution in [1.29, 1.82) is 0 Å². The number of benzene rings is 1. The molecule has 0 spiro atoms. The summed E-state index contributed by atoms with van der Waals surface area (Å²) in [5, 5.41) is 12.6. The van der Waals surface area contributed by atoms with E-state index in [4.69, 9.17) is 5.11 Å². The number of carbonyl (C=O) groups is 1. The lowest BCUT2D eigenvalue weighted by atomic mass is 10.1. The maximum absolute atomic E-state index is 13.6. The summed E-state index contributed by atoms with van der Waals surface area (Å²) in [6.45, 7) is 0.676. The molecule has 20 heavy (non-hydrogen) atoms. The molecule has 104 valence electrons. The van der Waals surface area contributed by atoms with Crippen LogP contribution in [0.4, 0.5) is 10.1 Å². The number of hydrogen-bond donors (Lipinski definition) is 1. The minimum Gasteiger partial charge on any atom is -0.478 e. The highest BCUT2D eigenvalue weighted by Crippen LogP contribution is 2.21. The van der Waals surface area contributed by atoms with Crippen molar-refractivity contribution < 1.29 is 14.3 Å². The molecular formula is C15H14FNO2S. The summed E-state index contributed by atoms with van der Waals surface area (Å²) >= 11 is 1.62. The number of hydrogen-bond acceptors (Lipinski definition) is 3. The lowest BCUT2D eigenvalue weighted by molar-refractivity contribution is -0.131. The molecule has 0 saturated heterocycles. The second-order valence-electron chi connectivity index (χ2n) is 4.40. The number of rotatable bonds is 5. The van der Waals surface area contributed by atoms with Crippen LogP contribution in [0.1, 0.15) is 11.1 Å². The summed E-state index contributed by atoms with van der Waals surface area (Å²) in [5.74, 6) is -1.44. The van der Waals surface area contributed by atoms with E-state index in [0.717, 1.165) is 11.6 Å². The van der Waals surface area contributed by atoms with Gasteiger partial charge in [0.15, 0.2) is 0 Å². The van der Waals surface area contributed by atoms with E-state index in [2.05, 4.69) is 0 Å². The first-order chi connectivity index (χ1) is 9.54. The Morgan fingerprint density at radius 2 is 2.25 bits per heavy atom. The van der Waals surface area contributed by atoms with Crippen LogP contribution in [0, 0.1) is 5.82 Å². The Morgan fingerprint density at radius 1 is 1.45 bits per heavy atom. The molecule has 0 amide bonds. The molecule has 0 radical (unpaired) electrons. The number of nitrogens with zero attached hydrogens (tertiary/aromatic N) is 1. The van der Waals surface area contributed by atoms with Gasteiger partial charge in [-0.3, -0.25) is 0 Å². The van der Waals surface area contributed by atoms with Crippen LogP contribution >= 0.6 is 11.3 Å². The number of halogens is 1. The Kier molecular flexibility index (Phi) is 4.53. The first kappa shape index (κ1) is 14.3. The Balaban J connectivity index is 2.20. The first-order valence-corrected chi connectivity index (χ1v) is 6.92. The zero-order valence-corrected chi connectivity index (χ0v) is 11.7. The van der Waals surface area contributed by atoms with Crippen molar-refractivity contribution in [2.75, 3.05) is 11.9 Å². The van der Waals surface area contributed by atoms with Gasteiger partial charge in [-0.25, -0.2) is 9.18 Å². The van der Waals surface area contributed by atoms with Gasteiger partial charge in [0.25, 0.3) is 0 Å². The minimum atomic E-state index is -1.05. The van der Waals surface area contributed by atoms with Gasteiger partial charge in [-0.1, -0.05) is 0 Å². The summed E-state index contributed by atoms with van der Waals surface area (Å²) in [4.78, 5) is 12.4. The molecule has 2 aromatic rings. The van der Waals surface area contributed by atoms with Crippen LogP contribution in [-0.4, -0.2) is 18.1 Å². The largest absolute Gasteiger partial charge is 0.478 e. The third-order valence-electron chi connectivity index (χ3n) is 2.76. The molecule has 0 aliphatic carbocycles. The maximum Gasteiger partial charge on any atom is 0.328 e. The second kappa shape index (κ2) is 6.34. The van der Waals surface area contributed by atoms with Crippen LogP contribution in [0.2, 0.25) is 0 Å². The molecule has 2 rings (SSSR count). The first-order valence-electron chi connectivity index (χ1n) is 5.98. The Bertz CT molecular complexity index is 623. The third-order valence-corrected chi connectivity index (χ3v) is 3.50. The molecule has 0 unspecified atom stereocenters. The zero-order valence-electron chi connectivity index (χ0n) is 10.9. The van der Waals surface area contributed by atoms with E-state index in [-0.39, 0.29) is 5.82 Å². The summed E-state index contributed by atoms with van der Waals surface area (Å²) in [7, 11) is 1.87. The fourth-order valence-corrected chi connectivity index (χ4v) is 2.49. The van der Waals surface area contributed by atoms with Crippen LogP contribution in [0.3, 0.4) is 0 Å². The number of carboxylic acid groups (broad SMARTS) is 1. The number of carboxylic acids is 1. The van der Waals surface area contributed by atoms with Crippen molar-refractivity contribution in [2.24, 2.45) is 0 Å². The van der Waals surface area contributed by atoms with Gasteiger partial charge < -0.3 is 10.0 Å². The zero-order chi connectivity index (χ0) is 14.5. The Labute approximate surface area is 120 Å². The quantitative estimate of drug-likeness (QED) is 0.855. The molecule has 0 atom stereocenters. The van der Waals surface area contributed by atoms with Gasteiger partial charge in [0.05, 0.1) is 0 Å². The summed E-state index contributed by atoms with van der Waals surface area (Å²) in [5.41, 5.74) is 2.39. The number of aliphatic carboxylic acids is 1. The van der Waals surface area contributed by atoms with Crippen LogP contribution in [-0.2, 0) is 11.3 Å². The topological polar surface area (TPSA) is 40.5 Å². The maximum atomic E-state index is 13.6. The fraction of sp³-hybridized carbons (Fsp3) is 0.133. The van der Waals surface area contributed by atoms with Crippen LogP contribution in [0.15, 0.2) is 41.1 Å². The Morgan fingerprint density at radius 3 is 2.90 bits per heavy atom. The molecule has 0 saturated carbocycles.